The van der Waals surface area contributed by atoms with E-state index in [9.17, 15) is 4.79 Å². The first-order valence-corrected chi connectivity index (χ1v) is 9.42. The third kappa shape index (κ3) is 5.99. The second-order valence-electron chi connectivity index (χ2n) is 6.46. The van der Waals surface area contributed by atoms with Crippen molar-refractivity contribution in [3.05, 3.63) is 29.3 Å². The van der Waals surface area contributed by atoms with Crippen LogP contribution in [0.15, 0.2) is 24.3 Å². The first-order valence-electron chi connectivity index (χ1n) is 9.04. The van der Waals surface area contributed by atoms with Gasteiger partial charge in [-0.1, -0.05) is 31.0 Å². The van der Waals surface area contributed by atoms with Gasteiger partial charge in [-0.05, 0) is 57.4 Å². The molecule has 1 heterocycles. The van der Waals surface area contributed by atoms with E-state index in [-0.39, 0.29) is 5.91 Å². The Bertz CT molecular complexity index is 524. The van der Waals surface area contributed by atoms with Crippen molar-refractivity contribution in [2.24, 2.45) is 0 Å². The highest BCUT2D eigenvalue weighted by molar-refractivity contribution is 6.30. The highest BCUT2D eigenvalue weighted by atomic mass is 35.5. The molecule has 0 bridgehead atoms. The van der Waals surface area contributed by atoms with E-state index < -0.39 is 6.10 Å². The number of benzene rings is 1. The van der Waals surface area contributed by atoms with Gasteiger partial charge in [0.1, 0.15) is 5.75 Å². The largest absolute Gasteiger partial charge is 0.481 e. The number of likely N-dealkylation sites (tertiary alicyclic amines) is 1. The molecule has 24 heavy (non-hydrogen) atoms. The summed E-state index contributed by atoms with van der Waals surface area (Å²) in [5.41, 5.74) is 0. The number of carbonyl (C=O) groups is 1. The molecule has 0 saturated carbocycles. The summed E-state index contributed by atoms with van der Waals surface area (Å²) in [5, 5.41) is 3.57. The van der Waals surface area contributed by atoms with Gasteiger partial charge in [0.15, 0.2) is 6.10 Å². The lowest BCUT2D eigenvalue weighted by atomic mass is 10.00. The Morgan fingerprint density at radius 1 is 1.46 bits per heavy atom. The summed E-state index contributed by atoms with van der Waals surface area (Å²) >= 11 is 5.92. The van der Waals surface area contributed by atoms with Crippen molar-refractivity contribution in [2.45, 2.75) is 58.1 Å². The molecular formula is C19H29ClN2O2. The van der Waals surface area contributed by atoms with Crippen LogP contribution >= 0.6 is 11.6 Å². The Labute approximate surface area is 150 Å². The zero-order valence-electron chi connectivity index (χ0n) is 14.8. The molecule has 1 saturated heterocycles. The molecule has 1 fully saturated rings. The molecule has 1 aromatic rings. The van der Waals surface area contributed by atoms with Crippen LogP contribution in [0, 0.1) is 0 Å². The number of hydrogen-bond donors (Lipinski definition) is 1. The molecule has 1 aromatic carbocycles. The van der Waals surface area contributed by atoms with Gasteiger partial charge in [0, 0.05) is 24.2 Å². The van der Waals surface area contributed by atoms with Crippen molar-refractivity contribution in [3.63, 3.8) is 0 Å². The highest BCUT2D eigenvalue weighted by Gasteiger charge is 2.20. The van der Waals surface area contributed by atoms with Gasteiger partial charge in [-0.15, -0.1) is 0 Å². The quantitative estimate of drug-likeness (QED) is 0.722. The predicted molar refractivity (Wildman–Crippen MR) is 98.7 cm³/mol. The van der Waals surface area contributed by atoms with Crippen molar-refractivity contribution in [1.82, 2.24) is 10.2 Å². The second-order valence-corrected chi connectivity index (χ2v) is 6.89. The van der Waals surface area contributed by atoms with E-state index in [1.165, 1.54) is 32.2 Å². The number of nitrogens with zero attached hydrogens (tertiary/aromatic N) is 1. The van der Waals surface area contributed by atoms with Crippen molar-refractivity contribution < 1.29 is 9.53 Å². The molecule has 0 unspecified atom stereocenters. The number of nitrogens with one attached hydrogen (secondary N) is 1. The highest BCUT2D eigenvalue weighted by Crippen LogP contribution is 2.19. The van der Waals surface area contributed by atoms with E-state index in [2.05, 4.69) is 17.1 Å². The molecule has 1 aliphatic heterocycles. The average Bonchev–Trinajstić information content (AvgIpc) is 2.58. The molecule has 1 aliphatic rings. The summed E-state index contributed by atoms with van der Waals surface area (Å²) in [5.74, 6) is 0.532. The van der Waals surface area contributed by atoms with Gasteiger partial charge < -0.3 is 15.0 Å². The van der Waals surface area contributed by atoms with Crippen LogP contribution in [-0.4, -0.2) is 42.6 Å². The summed E-state index contributed by atoms with van der Waals surface area (Å²) in [6.45, 7) is 6.96. The average molecular weight is 353 g/mol. The molecule has 5 heteroatoms. The minimum atomic E-state index is -0.526. The molecule has 2 rings (SSSR count). The van der Waals surface area contributed by atoms with Gasteiger partial charge in [0.2, 0.25) is 0 Å². The summed E-state index contributed by atoms with van der Waals surface area (Å²) in [4.78, 5) is 14.7. The van der Waals surface area contributed by atoms with Gasteiger partial charge in [0.05, 0.1) is 0 Å². The summed E-state index contributed by atoms with van der Waals surface area (Å²) in [6, 6.07) is 7.83. The molecule has 1 N–H and O–H groups in total. The van der Waals surface area contributed by atoms with Gasteiger partial charge in [-0.25, -0.2) is 0 Å². The van der Waals surface area contributed by atoms with E-state index in [0.29, 0.717) is 17.3 Å². The molecule has 0 aromatic heterocycles. The van der Waals surface area contributed by atoms with Crippen molar-refractivity contribution >= 4 is 17.5 Å². The number of hydrogen-bond acceptors (Lipinski definition) is 3. The molecule has 0 spiro atoms. The maximum absolute atomic E-state index is 12.1. The van der Waals surface area contributed by atoms with Gasteiger partial charge in [-0.2, -0.15) is 0 Å². The molecular weight excluding hydrogens is 324 g/mol. The molecule has 0 radical (unpaired) electrons. The zero-order valence-corrected chi connectivity index (χ0v) is 15.5. The summed E-state index contributed by atoms with van der Waals surface area (Å²) in [6.07, 6.45) is 5.63. The van der Waals surface area contributed by atoms with E-state index in [4.69, 9.17) is 16.3 Å². The maximum atomic E-state index is 12.1. The van der Waals surface area contributed by atoms with Crippen LogP contribution < -0.4 is 10.1 Å². The number of ether oxygens (including phenoxy) is 1. The number of rotatable bonds is 8. The van der Waals surface area contributed by atoms with Gasteiger partial charge in [-0.3, -0.25) is 4.79 Å². The lowest BCUT2D eigenvalue weighted by molar-refractivity contribution is -0.127. The van der Waals surface area contributed by atoms with E-state index >= 15 is 0 Å². The first kappa shape index (κ1) is 19.1. The second kappa shape index (κ2) is 9.90. The van der Waals surface area contributed by atoms with Crippen LogP contribution in [0.5, 0.6) is 5.75 Å². The van der Waals surface area contributed by atoms with Crippen LogP contribution in [0.3, 0.4) is 0 Å². The van der Waals surface area contributed by atoms with Crippen molar-refractivity contribution in [3.8, 4) is 5.75 Å². The molecule has 0 aliphatic carbocycles. The molecule has 4 nitrogen and oxygen atoms in total. The van der Waals surface area contributed by atoms with Crippen LogP contribution in [-0.2, 0) is 4.79 Å². The van der Waals surface area contributed by atoms with Gasteiger partial charge in [0.25, 0.3) is 5.91 Å². The van der Waals surface area contributed by atoms with Crippen molar-refractivity contribution in [1.29, 1.82) is 0 Å². The van der Waals surface area contributed by atoms with Crippen molar-refractivity contribution in [2.75, 3.05) is 19.6 Å². The van der Waals surface area contributed by atoms with Crippen LogP contribution in [0.4, 0.5) is 0 Å². The smallest absolute Gasteiger partial charge is 0.260 e. The van der Waals surface area contributed by atoms with E-state index in [1.54, 1.807) is 25.1 Å². The zero-order chi connectivity index (χ0) is 17.4. The lowest BCUT2D eigenvalue weighted by Crippen LogP contribution is -2.41. The third-order valence-corrected chi connectivity index (χ3v) is 4.85. The van der Waals surface area contributed by atoms with Crippen LogP contribution in [0.2, 0.25) is 5.02 Å². The van der Waals surface area contributed by atoms with E-state index in [1.807, 2.05) is 6.07 Å². The molecule has 1 amide bonds. The lowest BCUT2D eigenvalue weighted by Gasteiger charge is -2.35. The number of piperidine rings is 1. The van der Waals surface area contributed by atoms with E-state index in [0.717, 1.165) is 19.0 Å². The van der Waals surface area contributed by atoms with Crippen LogP contribution in [0.25, 0.3) is 0 Å². The Balaban J connectivity index is 1.67. The fourth-order valence-electron chi connectivity index (χ4n) is 3.25. The first-order chi connectivity index (χ1) is 11.6. The standard InChI is InChI=1S/C19H29ClN2O2/c1-3-17-9-4-5-12-22(17)13-7-11-21-19(23)15(2)24-18-10-6-8-16(20)14-18/h6,8,10,14-15,17H,3-5,7,9,11-13H2,1-2H3,(H,21,23)/t15-,17-/m1/s1. The fraction of sp³-hybridized carbons (Fsp3) is 0.632. The predicted octanol–water partition coefficient (Wildman–Crippen LogP) is 3.88. The fourth-order valence-corrected chi connectivity index (χ4v) is 3.43. The normalized spacial score (nSPS) is 19.7. The van der Waals surface area contributed by atoms with Gasteiger partial charge >= 0.3 is 0 Å². The topological polar surface area (TPSA) is 41.6 Å². The Hall–Kier alpha value is -1.26. The minimum Gasteiger partial charge on any atom is -0.481 e. The monoisotopic (exact) mass is 352 g/mol. The molecule has 134 valence electrons. The van der Waals surface area contributed by atoms with Crippen LogP contribution in [0.1, 0.15) is 46.0 Å². The Morgan fingerprint density at radius 2 is 2.29 bits per heavy atom. The molecule has 2 atom stereocenters. The summed E-state index contributed by atoms with van der Waals surface area (Å²) < 4.78 is 5.63. The minimum absolute atomic E-state index is 0.0827. The Kier molecular flexibility index (Phi) is 7.86. The number of carbonyl (C=O) groups excluding carboxylic acids is 1. The third-order valence-electron chi connectivity index (χ3n) is 4.62. The Morgan fingerprint density at radius 3 is 3.04 bits per heavy atom. The number of halogens is 1. The summed E-state index contributed by atoms with van der Waals surface area (Å²) in [7, 11) is 0. The maximum Gasteiger partial charge on any atom is 0.260 e. The SMILES string of the molecule is CC[C@@H]1CCCCN1CCCNC(=O)[C@@H](C)Oc1cccc(Cl)c1. The number of amides is 1.